The average Bonchev–Trinajstić information content (AvgIpc) is 2.86. The van der Waals surface area contributed by atoms with Gasteiger partial charge in [0.05, 0.1) is 36.2 Å². The molecule has 174 valence electrons. The summed E-state index contributed by atoms with van der Waals surface area (Å²) in [6.07, 6.45) is 0.230. The lowest BCUT2D eigenvalue weighted by atomic mass is 10.1. The van der Waals surface area contributed by atoms with Crippen molar-refractivity contribution in [1.82, 2.24) is 9.88 Å². The summed E-state index contributed by atoms with van der Waals surface area (Å²) in [6.45, 7) is 0.181. The minimum absolute atomic E-state index is 0.00463. The number of nitrogens with zero attached hydrogens (tertiary/aromatic N) is 2. The van der Waals surface area contributed by atoms with Gasteiger partial charge in [0.2, 0.25) is 5.91 Å². The summed E-state index contributed by atoms with van der Waals surface area (Å²) in [5.41, 5.74) is 1.56. The molecule has 1 N–H and O–H groups in total. The van der Waals surface area contributed by atoms with Crippen molar-refractivity contribution in [1.29, 1.82) is 0 Å². The number of pyridine rings is 1. The monoisotopic (exact) mass is 461 g/mol. The maximum absolute atomic E-state index is 12.9. The zero-order valence-corrected chi connectivity index (χ0v) is 18.7. The molecule has 0 aliphatic rings. The van der Waals surface area contributed by atoms with Crippen LogP contribution in [0.1, 0.15) is 5.56 Å². The van der Waals surface area contributed by atoms with Gasteiger partial charge in [-0.05, 0) is 36.8 Å². The number of hydrogen-bond acceptors (Lipinski definition) is 6. The molecule has 1 amide bonds. The lowest BCUT2D eigenvalue weighted by Crippen LogP contribution is -2.30. The van der Waals surface area contributed by atoms with Crippen LogP contribution in [0.4, 0.5) is 5.69 Å². The molecular formula is C25H23N3O6. The summed E-state index contributed by atoms with van der Waals surface area (Å²) in [5.74, 6) is 0.363. The summed E-state index contributed by atoms with van der Waals surface area (Å²) in [6, 6.07) is 17.2. The highest BCUT2D eigenvalue weighted by atomic mass is 16.6. The molecular weight excluding hydrogens is 438 g/mol. The highest BCUT2D eigenvalue weighted by Gasteiger charge is 2.19. The minimum atomic E-state index is -0.488. The van der Waals surface area contributed by atoms with E-state index in [1.54, 1.807) is 34.9 Å². The summed E-state index contributed by atoms with van der Waals surface area (Å²) in [7, 11) is 2.86. The van der Waals surface area contributed by atoms with Crippen LogP contribution in [0.3, 0.4) is 0 Å². The third kappa shape index (κ3) is 4.27. The third-order valence-corrected chi connectivity index (χ3v) is 5.68. The smallest absolute Gasteiger partial charge is 0.276 e. The highest BCUT2D eigenvalue weighted by molar-refractivity contribution is 5.94. The Bertz CT molecular complexity index is 1400. The number of fused-ring (bicyclic) bond motifs is 2. The van der Waals surface area contributed by atoms with Gasteiger partial charge in [-0.25, -0.2) is 0 Å². The Morgan fingerprint density at radius 2 is 1.53 bits per heavy atom. The zero-order valence-electron chi connectivity index (χ0n) is 18.7. The van der Waals surface area contributed by atoms with E-state index in [9.17, 15) is 19.7 Å². The topological polar surface area (TPSA) is 113 Å². The second kappa shape index (κ2) is 9.62. The molecule has 0 spiro atoms. The molecule has 0 aliphatic carbocycles. The second-order valence-corrected chi connectivity index (χ2v) is 7.64. The zero-order chi connectivity index (χ0) is 24.2. The largest absolute Gasteiger partial charge is 0.493 e. The Kier molecular flexibility index (Phi) is 6.44. The van der Waals surface area contributed by atoms with Crippen LogP contribution in [-0.4, -0.2) is 36.2 Å². The summed E-state index contributed by atoms with van der Waals surface area (Å²) < 4.78 is 12.2. The van der Waals surface area contributed by atoms with Crippen molar-refractivity contribution >= 4 is 33.4 Å². The lowest BCUT2D eigenvalue weighted by Gasteiger charge is -2.15. The molecule has 9 heteroatoms. The Balaban J connectivity index is 1.56. The van der Waals surface area contributed by atoms with Crippen molar-refractivity contribution in [3.8, 4) is 11.5 Å². The SMILES string of the molecule is COc1cc(CCNC(=O)Cn2c3ccccc3c(=O)c3ccccc32)c([N+](=O)[O-])cc1OC. The maximum atomic E-state index is 12.9. The Hall–Kier alpha value is -4.40. The van der Waals surface area contributed by atoms with Gasteiger partial charge in [-0.3, -0.25) is 19.7 Å². The molecule has 0 radical (unpaired) electrons. The first-order valence-corrected chi connectivity index (χ1v) is 10.6. The van der Waals surface area contributed by atoms with Gasteiger partial charge < -0.3 is 19.4 Å². The molecule has 0 saturated carbocycles. The van der Waals surface area contributed by atoms with Gasteiger partial charge >= 0.3 is 0 Å². The molecule has 1 heterocycles. The van der Waals surface area contributed by atoms with Gasteiger partial charge in [0.1, 0.15) is 6.54 Å². The fourth-order valence-electron chi connectivity index (χ4n) is 4.06. The normalized spacial score (nSPS) is 10.9. The van der Waals surface area contributed by atoms with Crippen LogP contribution < -0.4 is 20.2 Å². The number of amides is 1. The van der Waals surface area contributed by atoms with E-state index in [1.165, 1.54) is 20.3 Å². The molecule has 0 unspecified atom stereocenters. The standard InChI is InChI=1S/C25H23N3O6/c1-33-22-13-16(21(28(31)32)14-23(22)34-2)11-12-26-24(29)15-27-19-9-5-3-7-17(19)25(30)18-8-4-6-10-20(18)27/h3-10,13-14H,11-12,15H2,1-2H3,(H,26,29). The highest BCUT2D eigenvalue weighted by Crippen LogP contribution is 2.34. The van der Waals surface area contributed by atoms with Crippen LogP contribution in [0.2, 0.25) is 0 Å². The number of hydrogen-bond donors (Lipinski definition) is 1. The quantitative estimate of drug-likeness (QED) is 0.244. The van der Waals surface area contributed by atoms with E-state index in [0.717, 1.165) is 0 Å². The minimum Gasteiger partial charge on any atom is -0.493 e. The van der Waals surface area contributed by atoms with Crippen LogP contribution in [-0.2, 0) is 17.8 Å². The molecule has 3 aromatic carbocycles. The fraction of sp³-hybridized carbons (Fsp3) is 0.200. The van der Waals surface area contributed by atoms with Crippen LogP contribution in [0.5, 0.6) is 11.5 Å². The number of carbonyl (C=O) groups excluding carboxylic acids is 1. The molecule has 0 aliphatic heterocycles. The van der Waals surface area contributed by atoms with Crippen molar-refractivity contribution in [2.45, 2.75) is 13.0 Å². The van der Waals surface area contributed by atoms with Crippen molar-refractivity contribution < 1.29 is 19.2 Å². The van der Waals surface area contributed by atoms with Crippen molar-refractivity contribution in [3.05, 3.63) is 86.6 Å². The third-order valence-electron chi connectivity index (χ3n) is 5.68. The number of nitro groups is 1. The number of para-hydroxylation sites is 2. The van der Waals surface area contributed by atoms with Crippen LogP contribution >= 0.6 is 0 Å². The van der Waals surface area contributed by atoms with Gasteiger partial charge in [0.25, 0.3) is 5.69 Å². The second-order valence-electron chi connectivity index (χ2n) is 7.64. The molecule has 0 fully saturated rings. The first-order valence-electron chi connectivity index (χ1n) is 10.6. The van der Waals surface area contributed by atoms with Gasteiger partial charge in [0, 0.05) is 22.9 Å². The molecule has 0 atom stereocenters. The molecule has 4 aromatic rings. The van der Waals surface area contributed by atoms with Gasteiger partial charge in [-0.2, -0.15) is 0 Å². The lowest BCUT2D eigenvalue weighted by molar-refractivity contribution is -0.385. The Morgan fingerprint density at radius 3 is 2.09 bits per heavy atom. The van der Waals surface area contributed by atoms with Crippen molar-refractivity contribution in [2.24, 2.45) is 0 Å². The number of methoxy groups -OCH3 is 2. The first kappa shape index (κ1) is 22.8. The van der Waals surface area contributed by atoms with E-state index < -0.39 is 4.92 Å². The van der Waals surface area contributed by atoms with E-state index in [4.69, 9.17) is 9.47 Å². The van der Waals surface area contributed by atoms with Crippen molar-refractivity contribution in [2.75, 3.05) is 20.8 Å². The Morgan fingerprint density at radius 1 is 0.971 bits per heavy atom. The number of ether oxygens (including phenoxy) is 2. The molecule has 34 heavy (non-hydrogen) atoms. The van der Waals surface area contributed by atoms with Crippen LogP contribution in [0, 0.1) is 10.1 Å². The van der Waals surface area contributed by atoms with Gasteiger partial charge in [0.15, 0.2) is 16.9 Å². The number of aromatic nitrogens is 1. The van der Waals surface area contributed by atoms with E-state index >= 15 is 0 Å². The predicted octanol–water partition coefficient (Wildman–Crippen LogP) is 3.44. The van der Waals surface area contributed by atoms with E-state index in [2.05, 4.69) is 5.32 Å². The number of carbonyl (C=O) groups is 1. The fourth-order valence-corrected chi connectivity index (χ4v) is 4.06. The number of nitro benzene ring substituents is 1. The molecule has 9 nitrogen and oxygen atoms in total. The number of rotatable bonds is 8. The van der Waals surface area contributed by atoms with Gasteiger partial charge in [-0.1, -0.05) is 24.3 Å². The van der Waals surface area contributed by atoms with Crippen LogP contribution in [0.15, 0.2) is 65.5 Å². The number of benzene rings is 3. The van der Waals surface area contributed by atoms with E-state index in [0.29, 0.717) is 33.1 Å². The van der Waals surface area contributed by atoms with E-state index in [-0.39, 0.29) is 42.3 Å². The molecule has 1 aromatic heterocycles. The van der Waals surface area contributed by atoms with Crippen molar-refractivity contribution in [3.63, 3.8) is 0 Å². The summed E-state index contributed by atoms with van der Waals surface area (Å²) in [5, 5.41) is 15.4. The Labute approximate surface area is 194 Å². The summed E-state index contributed by atoms with van der Waals surface area (Å²) >= 11 is 0. The predicted molar refractivity (Wildman–Crippen MR) is 129 cm³/mol. The summed E-state index contributed by atoms with van der Waals surface area (Å²) in [4.78, 5) is 36.7. The molecule has 0 saturated heterocycles. The van der Waals surface area contributed by atoms with Gasteiger partial charge in [-0.15, -0.1) is 0 Å². The van der Waals surface area contributed by atoms with E-state index in [1.807, 2.05) is 24.3 Å². The first-order chi connectivity index (χ1) is 16.4. The molecule has 0 bridgehead atoms. The number of nitrogens with one attached hydrogen (secondary N) is 1. The molecule has 4 rings (SSSR count). The average molecular weight is 461 g/mol. The van der Waals surface area contributed by atoms with Crippen LogP contribution in [0.25, 0.3) is 21.8 Å². The maximum Gasteiger partial charge on any atom is 0.276 e.